The molecule has 4 aromatic rings. The van der Waals surface area contributed by atoms with Crippen LogP contribution < -0.4 is 10.1 Å². The second kappa shape index (κ2) is 13.3. The van der Waals surface area contributed by atoms with Crippen molar-refractivity contribution in [2.24, 2.45) is 0 Å². The molecule has 14 heteroatoms. The van der Waals surface area contributed by atoms with Gasteiger partial charge >= 0.3 is 6.18 Å². The Labute approximate surface area is 240 Å². The van der Waals surface area contributed by atoms with Gasteiger partial charge in [-0.25, -0.2) is 15.0 Å². The molecule has 0 aliphatic carbocycles. The van der Waals surface area contributed by atoms with Crippen molar-refractivity contribution in [1.82, 2.24) is 39.9 Å². The zero-order chi connectivity index (χ0) is 29.5. The third-order valence-electron chi connectivity index (χ3n) is 7.30. The molecule has 1 aliphatic rings. The minimum absolute atomic E-state index is 0.0481. The third kappa shape index (κ3) is 7.22. The van der Waals surface area contributed by atoms with Crippen LogP contribution in [0.3, 0.4) is 0 Å². The Balaban J connectivity index is 1.23. The number of rotatable bonds is 12. The number of nitrogens with one attached hydrogen (secondary N) is 2. The normalized spacial score (nSPS) is 15.6. The Kier molecular flexibility index (Phi) is 9.31. The van der Waals surface area contributed by atoms with E-state index in [1.807, 2.05) is 23.1 Å². The zero-order valence-electron chi connectivity index (χ0n) is 22.9. The lowest BCUT2D eigenvalue weighted by Crippen LogP contribution is -2.46. The minimum atomic E-state index is -4.60. The number of nitrogens with zero attached hydrogens (tertiary/aromatic N) is 7. The van der Waals surface area contributed by atoms with Crippen LogP contribution in [0.4, 0.5) is 13.2 Å². The molecule has 42 heavy (non-hydrogen) atoms. The SMILES string of the molecule is N#CCC[C@@H](Cn1cc(-c2ncnc3[nH]ccc23)cn1)N1CCC(Oc2cc(CNCCO)cc(C(F)(F)F)n2)CC1. The van der Waals surface area contributed by atoms with Gasteiger partial charge in [-0.1, -0.05) is 0 Å². The van der Waals surface area contributed by atoms with Crippen LogP contribution in [0, 0.1) is 11.3 Å². The number of halogens is 3. The second-order valence-electron chi connectivity index (χ2n) is 10.2. The Morgan fingerprint density at radius 1 is 1.24 bits per heavy atom. The molecule has 0 aromatic carbocycles. The van der Waals surface area contributed by atoms with Crippen LogP contribution in [0.1, 0.15) is 36.9 Å². The summed E-state index contributed by atoms with van der Waals surface area (Å²) >= 11 is 0. The van der Waals surface area contributed by atoms with Crippen molar-refractivity contribution in [1.29, 1.82) is 5.26 Å². The topological polar surface area (TPSA) is 141 Å². The molecule has 5 rings (SSSR count). The average molecular weight is 584 g/mol. The molecule has 11 nitrogen and oxygen atoms in total. The van der Waals surface area contributed by atoms with Gasteiger partial charge in [-0.2, -0.15) is 23.5 Å². The number of hydrogen-bond donors (Lipinski definition) is 3. The summed E-state index contributed by atoms with van der Waals surface area (Å²) in [5.41, 5.74) is 1.78. The predicted octanol–water partition coefficient (Wildman–Crippen LogP) is 3.53. The monoisotopic (exact) mass is 583 g/mol. The van der Waals surface area contributed by atoms with Gasteiger partial charge in [0.1, 0.15) is 23.8 Å². The van der Waals surface area contributed by atoms with E-state index in [4.69, 9.17) is 9.84 Å². The molecular formula is C28H32F3N9O2. The molecule has 1 atom stereocenters. The van der Waals surface area contributed by atoms with E-state index in [9.17, 15) is 18.4 Å². The summed E-state index contributed by atoms with van der Waals surface area (Å²) in [4.78, 5) is 17.8. The van der Waals surface area contributed by atoms with E-state index in [1.54, 1.807) is 6.20 Å². The van der Waals surface area contributed by atoms with E-state index in [1.165, 1.54) is 12.4 Å². The van der Waals surface area contributed by atoms with Gasteiger partial charge in [0, 0.05) is 68.1 Å². The van der Waals surface area contributed by atoms with Crippen molar-refractivity contribution in [2.45, 2.75) is 57.1 Å². The Morgan fingerprint density at radius 3 is 2.83 bits per heavy atom. The molecular weight excluding hydrogens is 551 g/mol. The number of pyridine rings is 1. The average Bonchev–Trinajstić information content (AvgIpc) is 3.65. The summed E-state index contributed by atoms with van der Waals surface area (Å²) in [6.07, 6.45) is 4.42. The first-order chi connectivity index (χ1) is 20.3. The van der Waals surface area contributed by atoms with Crippen molar-refractivity contribution in [3.63, 3.8) is 0 Å². The molecule has 1 aliphatic heterocycles. The molecule has 0 amide bonds. The molecule has 222 valence electrons. The number of ether oxygens (including phenoxy) is 1. The molecule has 5 heterocycles. The van der Waals surface area contributed by atoms with Gasteiger partial charge in [0.15, 0.2) is 0 Å². The van der Waals surface area contributed by atoms with E-state index < -0.39 is 11.9 Å². The van der Waals surface area contributed by atoms with Crippen LogP contribution >= 0.6 is 0 Å². The van der Waals surface area contributed by atoms with Gasteiger partial charge in [-0.15, -0.1) is 0 Å². The maximum Gasteiger partial charge on any atom is 0.433 e. The highest BCUT2D eigenvalue weighted by atomic mass is 19.4. The lowest BCUT2D eigenvalue weighted by molar-refractivity contribution is -0.141. The number of alkyl halides is 3. The minimum Gasteiger partial charge on any atom is -0.474 e. The van der Waals surface area contributed by atoms with E-state index in [-0.39, 0.29) is 37.7 Å². The second-order valence-corrected chi connectivity index (χ2v) is 10.2. The van der Waals surface area contributed by atoms with Crippen LogP contribution in [0.5, 0.6) is 5.88 Å². The number of H-pyrrole nitrogens is 1. The Hall–Kier alpha value is -4.06. The number of likely N-dealkylation sites (tertiary alicyclic amines) is 1. The van der Waals surface area contributed by atoms with E-state index in [0.717, 1.165) is 28.4 Å². The van der Waals surface area contributed by atoms with E-state index in [2.05, 4.69) is 41.3 Å². The lowest BCUT2D eigenvalue weighted by Gasteiger charge is -2.37. The fraction of sp³-hybridized carbons (Fsp3) is 0.464. The van der Waals surface area contributed by atoms with Gasteiger partial charge < -0.3 is 20.1 Å². The third-order valence-corrected chi connectivity index (χ3v) is 7.30. The highest BCUT2D eigenvalue weighted by molar-refractivity contribution is 5.89. The maximum absolute atomic E-state index is 13.5. The summed E-state index contributed by atoms with van der Waals surface area (Å²) < 4.78 is 48.2. The van der Waals surface area contributed by atoms with Gasteiger partial charge in [0.2, 0.25) is 5.88 Å². The van der Waals surface area contributed by atoms with Crippen molar-refractivity contribution < 1.29 is 23.0 Å². The summed E-state index contributed by atoms with van der Waals surface area (Å²) in [5.74, 6) is -0.0598. The van der Waals surface area contributed by atoms with Gasteiger partial charge in [0.25, 0.3) is 0 Å². The highest BCUT2D eigenvalue weighted by Crippen LogP contribution is 2.31. The molecule has 0 saturated carbocycles. The fourth-order valence-electron chi connectivity index (χ4n) is 5.23. The number of aromatic amines is 1. The molecule has 1 saturated heterocycles. The quantitative estimate of drug-likeness (QED) is 0.214. The summed E-state index contributed by atoms with van der Waals surface area (Å²) in [7, 11) is 0. The van der Waals surface area contributed by atoms with Crippen molar-refractivity contribution in [3.8, 4) is 23.2 Å². The Bertz CT molecular complexity index is 1510. The van der Waals surface area contributed by atoms with Crippen LogP contribution in [0.2, 0.25) is 0 Å². The first-order valence-corrected chi connectivity index (χ1v) is 13.8. The van der Waals surface area contributed by atoms with Gasteiger partial charge in [-0.3, -0.25) is 9.58 Å². The zero-order valence-corrected chi connectivity index (χ0v) is 22.9. The molecule has 0 radical (unpaired) electrons. The molecule has 4 aromatic heterocycles. The van der Waals surface area contributed by atoms with Gasteiger partial charge in [-0.05, 0) is 37.0 Å². The largest absolute Gasteiger partial charge is 0.474 e. The molecule has 1 fully saturated rings. The highest BCUT2D eigenvalue weighted by Gasteiger charge is 2.34. The van der Waals surface area contributed by atoms with Crippen LogP contribution in [0.15, 0.2) is 43.1 Å². The number of fused-ring (bicyclic) bond motifs is 1. The first kappa shape index (κ1) is 29.4. The van der Waals surface area contributed by atoms with Crippen LogP contribution in [-0.4, -0.2) is 78.1 Å². The summed E-state index contributed by atoms with van der Waals surface area (Å²) in [6, 6.07) is 6.71. The van der Waals surface area contributed by atoms with E-state index >= 15 is 0 Å². The smallest absolute Gasteiger partial charge is 0.433 e. The van der Waals surface area contributed by atoms with E-state index in [0.29, 0.717) is 50.9 Å². The fourth-order valence-corrected chi connectivity index (χ4v) is 5.23. The Morgan fingerprint density at radius 2 is 2.07 bits per heavy atom. The number of hydrogen-bond acceptors (Lipinski definition) is 9. The maximum atomic E-state index is 13.5. The van der Waals surface area contributed by atoms with Crippen molar-refractivity contribution in [3.05, 3.63) is 54.4 Å². The van der Waals surface area contributed by atoms with Crippen LogP contribution in [-0.2, 0) is 19.3 Å². The first-order valence-electron chi connectivity index (χ1n) is 13.8. The molecule has 0 bridgehead atoms. The number of aromatic nitrogens is 6. The number of piperidine rings is 1. The molecule has 0 spiro atoms. The lowest BCUT2D eigenvalue weighted by atomic mass is 10.0. The molecule has 3 N–H and O–H groups in total. The number of aliphatic hydroxyl groups is 1. The van der Waals surface area contributed by atoms with Crippen LogP contribution in [0.25, 0.3) is 22.3 Å². The number of aliphatic hydroxyl groups excluding tert-OH is 1. The summed E-state index contributed by atoms with van der Waals surface area (Å²) in [6.45, 7) is 2.21. The standard InChI is InChI=1S/C28H32F3N9O2/c29-28(30,31)24-12-19(14-33-8-11-41)13-25(38-24)42-22-4-9-39(10-5-22)21(2-1-6-32)17-40-16-20(15-37-40)26-23-3-7-34-27(23)36-18-35-26/h3,7,12-13,15-16,18,21-22,33,41H,1-2,4-5,8-11,14,17H2,(H,34,35,36)/t21-/m0/s1. The van der Waals surface area contributed by atoms with Crippen molar-refractivity contribution >= 4 is 11.0 Å². The predicted molar refractivity (Wildman–Crippen MR) is 147 cm³/mol. The molecule has 0 unspecified atom stereocenters. The van der Waals surface area contributed by atoms with Gasteiger partial charge in [0.05, 0.1) is 31.1 Å². The number of nitriles is 1. The van der Waals surface area contributed by atoms with Crippen molar-refractivity contribution in [2.75, 3.05) is 26.2 Å². The summed E-state index contributed by atoms with van der Waals surface area (Å²) in [5, 5.41) is 26.6.